The second-order valence-electron chi connectivity index (χ2n) is 5.14. The number of nitrogens with one attached hydrogen (secondary N) is 1. The molecule has 0 aromatic heterocycles. The Morgan fingerprint density at radius 3 is 2.81 bits per heavy atom. The molecule has 2 rings (SSSR count). The van der Waals surface area contributed by atoms with Gasteiger partial charge in [0, 0.05) is 23.2 Å². The van der Waals surface area contributed by atoms with Gasteiger partial charge < -0.3 is 15.3 Å². The molecular weight excluding hydrogens is 292 g/mol. The fraction of sp³-hybridized carbons (Fsp3) is 0.467. The third-order valence-corrected chi connectivity index (χ3v) is 4.18. The van der Waals surface area contributed by atoms with Gasteiger partial charge >= 0.3 is 12.0 Å². The number of carbonyl (C=O) groups is 2. The van der Waals surface area contributed by atoms with Crippen molar-refractivity contribution in [3.8, 4) is 0 Å². The standard InChI is InChI=1S/C15H19ClN2O3/c1-2-10-6-5-9-18(10)15(21)17-13(14(19)20)11-7-3-4-8-12(11)16/h3-4,7-8,10,13H,2,5-6,9H2,1H3,(H,17,21)(H,19,20)/t10?,13-/m1/s1. The van der Waals surface area contributed by atoms with Crippen molar-refractivity contribution in [2.75, 3.05) is 6.54 Å². The summed E-state index contributed by atoms with van der Waals surface area (Å²) >= 11 is 6.03. The summed E-state index contributed by atoms with van der Waals surface area (Å²) in [4.78, 5) is 25.5. The number of halogens is 1. The van der Waals surface area contributed by atoms with Gasteiger partial charge in [-0.2, -0.15) is 0 Å². The van der Waals surface area contributed by atoms with E-state index >= 15 is 0 Å². The number of hydrogen-bond acceptors (Lipinski definition) is 2. The highest BCUT2D eigenvalue weighted by atomic mass is 35.5. The molecule has 2 amide bonds. The molecule has 1 aliphatic heterocycles. The summed E-state index contributed by atoms with van der Waals surface area (Å²) in [7, 11) is 0. The van der Waals surface area contributed by atoms with E-state index in [0.717, 1.165) is 19.3 Å². The van der Waals surface area contributed by atoms with Crippen LogP contribution in [0.15, 0.2) is 24.3 Å². The number of urea groups is 1. The number of benzene rings is 1. The fourth-order valence-corrected chi connectivity index (χ4v) is 2.96. The van der Waals surface area contributed by atoms with Crippen LogP contribution in [-0.4, -0.2) is 34.6 Å². The van der Waals surface area contributed by atoms with E-state index in [9.17, 15) is 14.7 Å². The normalized spacial score (nSPS) is 19.3. The van der Waals surface area contributed by atoms with Crippen molar-refractivity contribution in [2.24, 2.45) is 0 Å². The zero-order chi connectivity index (χ0) is 15.4. The highest BCUT2D eigenvalue weighted by Gasteiger charge is 2.31. The van der Waals surface area contributed by atoms with Gasteiger partial charge in [-0.1, -0.05) is 36.7 Å². The molecule has 21 heavy (non-hydrogen) atoms. The van der Waals surface area contributed by atoms with E-state index < -0.39 is 12.0 Å². The summed E-state index contributed by atoms with van der Waals surface area (Å²) in [6.45, 7) is 2.69. The quantitative estimate of drug-likeness (QED) is 0.898. The first kappa shape index (κ1) is 15.6. The van der Waals surface area contributed by atoms with Gasteiger partial charge in [-0.3, -0.25) is 0 Å². The molecule has 1 saturated heterocycles. The molecule has 0 saturated carbocycles. The second-order valence-corrected chi connectivity index (χ2v) is 5.55. The third kappa shape index (κ3) is 3.47. The summed E-state index contributed by atoms with van der Waals surface area (Å²) in [6.07, 6.45) is 2.79. The molecule has 2 atom stereocenters. The molecule has 0 aliphatic carbocycles. The van der Waals surface area contributed by atoms with Crippen LogP contribution in [0.25, 0.3) is 0 Å². The minimum Gasteiger partial charge on any atom is -0.479 e. The van der Waals surface area contributed by atoms with Gasteiger partial charge in [0.05, 0.1) is 0 Å². The first-order valence-corrected chi connectivity index (χ1v) is 7.46. The number of carboxylic acids is 1. The van der Waals surface area contributed by atoms with Crippen molar-refractivity contribution in [3.63, 3.8) is 0 Å². The van der Waals surface area contributed by atoms with E-state index in [4.69, 9.17) is 11.6 Å². The Morgan fingerprint density at radius 1 is 1.48 bits per heavy atom. The van der Waals surface area contributed by atoms with E-state index in [-0.39, 0.29) is 12.1 Å². The minimum atomic E-state index is -1.13. The van der Waals surface area contributed by atoms with Crippen LogP contribution < -0.4 is 5.32 Å². The predicted molar refractivity (Wildman–Crippen MR) is 80.4 cm³/mol. The van der Waals surface area contributed by atoms with Crippen LogP contribution in [0.2, 0.25) is 5.02 Å². The van der Waals surface area contributed by atoms with E-state index in [2.05, 4.69) is 5.32 Å². The van der Waals surface area contributed by atoms with Crippen molar-refractivity contribution in [2.45, 2.75) is 38.3 Å². The smallest absolute Gasteiger partial charge is 0.331 e. The molecule has 5 nitrogen and oxygen atoms in total. The number of aliphatic carboxylic acids is 1. The maximum atomic E-state index is 12.3. The number of nitrogens with zero attached hydrogens (tertiary/aromatic N) is 1. The Labute approximate surface area is 128 Å². The predicted octanol–water partition coefficient (Wildman–Crippen LogP) is 3.05. The van der Waals surface area contributed by atoms with E-state index in [0.29, 0.717) is 17.1 Å². The highest BCUT2D eigenvalue weighted by molar-refractivity contribution is 6.31. The van der Waals surface area contributed by atoms with Gasteiger partial charge in [0.2, 0.25) is 0 Å². The Kier molecular flexibility index (Phi) is 5.07. The summed E-state index contributed by atoms with van der Waals surface area (Å²) in [5.41, 5.74) is 0.396. The zero-order valence-electron chi connectivity index (χ0n) is 11.9. The average molecular weight is 311 g/mol. The Bertz CT molecular complexity index is 535. The van der Waals surface area contributed by atoms with Crippen LogP contribution in [-0.2, 0) is 4.79 Å². The zero-order valence-corrected chi connectivity index (χ0v) is 12.6. The molecule has 1 heterocycles. The average Bonchev–Trinajstić information content (AvgIpc) is 2.93. The van der Waals surface area contributed by atoms with Crippen LogP contribution in [0.3, 0.4) is 0 Å². The first-order chi connectivity index (χ1) is 10.0. The maximum Gasteiger partial charge on any atom is 0.331 e. The lowest BCUT2D eigenvalue weighted by atomic mass is 10.1. The highest BCUT2D eigenvalue weighted by Crippen LogP contribution is 2.25. The molecular formula is C15H19ClN2O3. The molecule has 2 N–H and O–H groups in total. The fourth-order valence-electron chi connectivity index (χ4n) is 2.72. The summed E-state index contributed by atoms with van der Waals surface area (Å²) in [5.74, 6) is -1.12. The van der Waals surface area contributed by atoms with E-state index in [1.54, 1.807) is 29.2 Å². The summed E-state index contributed by atoms with van der Waals surface area (Å²) in [5, 5.41) is 12.3. The number of hydrogen-bond donors (Lipinski definition) is 2. The molecule has 1 aromatic rings. The molecule has 1 unspecified atom stereocenters. The summed E-state index contributed by atoms with van der Waals surface area (Å²) < 4.78 is 0. The van der Waals surface area contributed by atoms with Gasteiger partial charge in [-0.15, -0.1) is 0 Å². The number of rotatable bonds is 4. The van der Waals surface area contributed by atoms with E-state index in [1.165, 1.54) is 0 Å². The van der Waals surface area contributed by atoms with Crippen LogP contribution >= 0.6 is 11.6 Å². The Hall–Kier alpha value is -1.75. The van der Waals surface area contributed by atoms with Crippen molar-refractivity contribution < 1.29 is 14.7 Å². The monoisotopic (exact) mass is 310 g/mol. The second kappa shape index (κ2) is 6.80. The van der Waals surface area contributed by atoms with Gasteiger partial charge in [-0.25, -0.2) is 9.59 Å². The number of carbonyl (C=O) groups excluding carboxylic acids is 1. The van der Waals surface area contributed by atoms with Crippen molar-refractivity contribution >= 4 is 23.6 Å². The van der Waals surface area contributed by atoms with Crippen molar-refractivity contribution in [3.05, 3.63) is 34.9 Å². The number of likely N-dealkylation sites (tertiary alicyclic amines) is 1. The molecule has 0 spiro atoms. The lowest BCUT2D eigenvalue weighted by molar-refractivity contribution is -0.139. The van der Waals surface area contributed by atoms with Gasteiger partial charge in [0.1, 0.15) is 0 Å². The Morgan fingerprint density at radius 2 is 2.19 bits per heavy atom. The van der Waals surface area contributed by atoms with Crippen molar-refractivity contribution in [1.82, 2.24) is 10.2 Å². The molecule has 0 bridgehead atoms. The largest absolute Gasteiger partial charge is 0.479 e. The Balaban J connectivity index is 2.16. The van der Waals surface area contributed by atoms with Gasteiger partial charge in [-0.05, 0) is 25.3 Å². The lowest BCUT2D eigenvalue weighted by Gasteiger charge is -2.26. The third-order valence-electron chi connectivity index (χ3n) is 3.84. The topological polar surface area (TPSA) is 69.6 Å². The van der Waals surface area contributed by atoms with Crippen LogP contribution in [0.5, 0.6) is 0 Å². The first-order valence-electron chi connectivity index (χ1n) is 7.09. The molecule has 1 aliphatic rings. The van der Waals surface area contributed by atoms with Gasteiger partial charge in [0.15, 0.2) is 6.04 Å². The van der Waals surface area contributed by atoms with Crippen LogP contribution in [0, 0.1) is 0 Å². The SMILES string of the molecule is CCC1CCCN1C(=O)N[C@@H](C(=O)O)c1ccccc1Cl. The van der Waals surface area contributed by atoms with Gasteiger partial charge in [0.25, 0.3) is 0 Å². The van der Waals surface area contributed by atoms with Crippen molar-refractivity contribution in [1.29, 1.82) is 0 Å². The lowest BCUT2D eigenvalue weighted by Crippen LogP contribution is -2.45. The molecule has 114 valence electrons. The molecule has 1 fully saturated rings. The number of amides is 2. The summed E-state index contributed by atoms with van der Waals surface area (Å²) in [6, 6.07) is 5.36. The molecule has 1 aromatic carbocycles. The maximum absolute atomic E-state index is 12.3. The molecule has 6 heteroatoms. The minimum absolute atomic E-state index is 0.186. The van der Waals surface area contributed by atoms with Crippen LogP contribution in [0.4, 0.5) is 4.79 Å². The van der Waals surface area contributed by atoms with E-state index in [1.807, 2.05) is 6.92 Å². The number of carboxylic acid groups (broad SMARTS) is 1. The molecule has 0 radical (unpaired) electrons. The van der Waals surface area contributed by atoms with Crippen LogP contribution in [0.1, 0.15) is 37.8 Å².